The molecule has 74 valence electrons. The summed E-state index contributed by atoms with van der Waals surface area (Å²) in [6.45, 7) is 1.85. The highest BCUT2D eigenvalue weighted by atomic mass is 19.1. The van der Waals surface area contributed by atoms with E-state index >= 15 is 0 Å². The van der Waals surface area contributed by atoms with Gasteiger partial charge >= 0.3 is 0 Å². The first-order valence-electron chi connectivity index (χ1n) is 4.07. The van der Waals surface area contributed by atoms with Crippen molar-refractivity contribution in [1.29, 1.82) is 0 Å². The van der Waals surface area contributed by atoms with E-state index in [-0.39, 0.29) is 11.5 Å². The van der Waals surface area contributed by atoms with Gasteiger partial charge < -0.3 is 10.3 Å². The van der Waals surface area contributed by atoms with Crippen LogP contribution in [0, 0.1) is 12.7 Å². The Morgan fingerprint density at radius 1 is 1.29 bits per heavy atom. The monoisotopic (exact) mass is 194 g/mol. The van der Waals surface area contributed by atoms with Gasteiger partial charge in [0.25, 0.3) is 0 Å². The van der Waals surface area contributed by atoms with E-state index in [2.05, 4.69) is 9.68 Å². The molecular formula is C10H11FN2O. The number of nitrogen functional groups attached to an aromatic ring is 1. The Bertz CT molecular complexity index is 352. The van der Waals surface area contributed by atoms with Crippen molar-refractivity contribution in [1.82, 2.24) is 5.16 Å². The highest BCUT2D eigenvalue weighted by molar-refractivity contribution is 5.38. The molecular weight excluding hydrogens is 183 g/mol. The van der Waals surface area contributed by atoms with Crippen LogP contribution in [0.5, 0.6) is 0 Å². The average Bonchev–Trinajstić information content (AvgIpc) is 2.63. The predicted octanol–water partition coefficient (Wildman–Crippen LogP) is 2.39. The number of hydrogen-bond acceptors (Lipinski definition) is 3. The Balaban J connectivity index is 0.000000146. The van der Waals surface area contributed by atoms with Gasteiger partial charge in [-0.25, -0.2) is 4.39 Å². The lowest BCUT2D eigenvalue weighted by atomic mass is 10.3. The van der Waals surface area contributed by atoms with Gasteiger partial charge in [0.1, 0.15) is 11.6 Å². The molecule has 0 aliphatic carbocycles. The van der Waals surface area contributed by atoms with Crippen molar-refractivity contribution in [2.75, 3.05) is 5.73 Å². The minimum Gasteiger partial charge on any atom is -0.396 e. The number of benzene rings is 1. The van der Waals surface area contributed by atoms with Gasteiger partial charge in [0.05, 0.1) is 11.9 Å². The number of aryl methyl sites for hydroxylation is 1. The summed E-state index contributed by atoms with van der Waals surface area (Å²) in [5, 5.41) is 3.45. The fraction of sp³-hybridized carbons (Fsp3) is 0.100. The fourth-order valence-electron chi connectivity index (χ4n) is 0.754. The lowest BCUT2D eigenvalue weighted by Gasteiger charge is -1.89. The molecule has 2 rings (SSSR count). The number of halogens is 1. The van der Waals surface area contributed by atoms with Crippen LogP contribution in [0.4, 0.5) is 10.1 Å². The van der Waals surface area contributed by atoms with E-state index < -0.39 is 0 Å². The molecule has 14 heavy (non-hydrogen) atoms. The zero-order valence-electron chi connectivity index (χ0n) is 7.77. The molecule has 1 heterocycles. The van der Waals surface area contributed by atoms with E-state index in [1.54, 1.807) is 24.4 Å². The van der Waals surface area contributed by atoms with Crippen molar-refractivity contribution in [3.8, 4) is 0 Å². The fourth-order valence-corrected chi connectivity index (χ4v) is 0.754. The zero-order chi connectivity index (χ0) is 10.4. The Morgan fingerprint density at radius 3 is 2.29 bits per heavy atom. The van der Waals surface area contributed by atoms with Gasteiger partial charge in [0.15, 0.2) is 0 Å². The van der Waals surface area contributed by atoms with Crippen molar-refractivity contribution in [2.45, 2.75) is 6.92 Å². The topological polar surface area (TPSA) is 52.0 Å². The predicted molar refractivity (Wildman–Crippen MR) is 52.1 cm³/mol. The zero-order valence-corrected chi connectivity index (χ0v) is 7.77. The quantitative estimate of drug-likeness (QED) is 0.655. The Kier molecular flexibility index (Phi) is 3.67. The van der Waals surface area contributed by atoms with E-state index in [9.17, 15) is 4.39 Å². The second-order valence-corrected chi connectivity index (χ2v) is 2.64. The van der Waals surface area contributed by atoms with Crippen molar-refractivity contribution < 1.29 is 8.91 Å². The number of hydrogen-bond donors (Lipinski definition) is 1. The minimum absolute atomic E-state index is 0.201. The molecule has 3 nitrogen and oxygen atoms in total. The third kappa shape index (κ3) is 3.26. The summed E-state index contributed by atoms with van der Waals surface area (Å²) in [6, 6.07) is 7.95. The molecule has 1 aromatic carbocycles. The number of nitrogens with zero attached hydrogens (tertiary/aromatic N) is 1. The average molecular weight is 194 g/mol. The van der Waals surface area contributed by atoms with E-state index in [0.717, 1.165) is 5.76 Å². The smallest absolute Gasteiger partial charge is 0.146 e. The molecule has 0 fully saturated rings. The Morgan fingerprint density at radius 2 is 2.00 bits per heavy atom. The van der Waals surface area contributed by atoms with Gasteiger partial charge in [-0.1, -0.05) is 17.3 Å². The summed E-state index contributed by atoms with van der Waals surface area (Å²) >= 11 is 0. The summed E-state index contributed by atoms with van der Waals surface area (Å²) in [4.78, 5) is 0. The largest absolute Gasteiger partial charge is 0.396 e. The maximum absolute atomic E-state index is 12.2. The van der Waals surface area contributed by atoms with Gasteiger partial charge in [-0.3, -0.25) is 0 Å². The van der Waals surface area contributed by atoms with Crippen molar-refractivity contribution in [2.24, 2.45) is 0 Å². The minimum atomic E-state index is -0.354. The molecule has 2 N–H and O–H groups in total. The van der Waals surface area contributed by atoms with Gasteiger partial charge in [-0.05, 0) is 19.1 Å². The van der Waals surface area contributed by atoms with Crippen molar-refractivity contribution in [3.05, 3.63) is 48.1 Å². The van der Waals surface area contributed by atoms with Crippen molar-refractivity contribution in [3.63, 3.8) is 0 Å². The molecule has 0 atom stereocenters. The maximum atomic E-state index is 12.2. The third-order valence-electron chi connectivity index (χ3n) is 1.47. The first kappa shape index (κ1) is 10.2. The number of anilines is 1. The maximum Gasteiger partial charge on any atom is 0.146 e. The van der Waals surface area contributed by atoms with Crippen LogP contribution in [0.3, 0.4) is 0 Å². The molecule has 0 aliphatic heterocycles. The van der Waals surface area contributed by atoms with E-state index in [0.29, 0.717) is 0 Å². The summed E-state index contributed by atoms with van der Waals surface area (Å²) in [6.07, 6.45) is 1.62. The molecule has 2 aromatic rings. The van der Waals surface area contributed by atoms with Crippen LogP contribution in [0.1, 0.15) is 5.76 Å². The van der Waals surface area contributed by atoms with Gasteiger partial charge in [0.2, 0.25) is 0 Å². The molecule has 0 amide bonds. The van der Waals surface area contributed by atoms with Crippen molar-refractivity contribution >= 4 is 5.69 Å². The molecule has 1 aromatic heterocycles. The first-order chi connectivity index (χ1) is 6.70. The van der Waals surface area contributed by atoms with Crippen LogP contribution in [0.15, 0.2) is 41.1 Å². The standard InChI is InChI=1S/C6H6FN.C4H5NO/c7-5-3-1-2-4-6(5)8;1-4-2-3-5-6-4/h1-4H,8H2;2-3H,1H3. The molecule has 0 saturated heterocycles. The third-order valence-corrected chi connectivity index (χ3v) is 1.47. The summed E-state index contributed by atoms with van der Waals surface area (Å²) in [5.74, 6) is 0.502. The number of aromatic nitrogens is 1. The number of para-hydroxylation sites is 1. The molecule has 0 aliphatic rings. The van der Waals surface area contributed by atoms with Crippen LogP contribution in [0.25, 0.3) is 0 Å². The molecule has 0 unspecified atom stereocenters. The first-order valence-corrected chi connectivity index (χ1v) is 4.07. The van der Waals surface area contributed by atoms with Gasteiger partial charge in [0, 0.05) is 6.07 Å². The van der Waals surface area contributed by atoms with E-state index in [1.165, 1.54) is 12.1 Å². The summed E-state index contributed by atoms with van der Waals surface area (Å²) in [7, 11) is 0. The van der Waals surface area contributed by atoms with Crippen LogP contribution < -0.4 is 5.73 Å². The summed E-state index contributed by atoms with van der Waals surface area (Å²) in [5.41, 5.74) is 5.35. The van der Waals surface area contributed by atoms with E-state index in [1.807, 2.05) is 6.92 Å². The lowest BCUT2D eigenvalue weighted by Crippen LogP contribution is -1.86. The van der Waals surface area contributed by atoms with Crippen LogP contribution in [-0.4, -0.2) is 5.16 Å². The summed E-state index contributed by atoms with van der Waals surface area (Å²) < 4.78 is 16.8. The van der Waals surface area contributed by atoms with Crippen LogP contribution in [-0.2, 0) is 0 Å². The highest BCUT2D eigenvalue weighted by Crippen LogP contribution is 2.05. The normalized spacial score (nSPS) is 9.00. The van der Waals surface area contributed by atoms with Gasteiger partial charge in [-0.15, -0.1) is 0 Å². The SMILES string of the molecule is Cc1ccno1.Nc1ccccc1F. The van der Waals surface area contributed by atoms with Gasteiger partial charge in [-0.2, -0.15) is 0 Å². The lowest BCUT2D eigenvalue weighted by molar-refractivity contribution is 0.397. The molecule has 0 saturated carbocycles. The molecule has 4 heteroatoms. The Labute approximate surface area is 81.3 Å². The van der Waals surface area contributed by atoms with E-state index in [4.69, 9.17) is 5.73 Å². The Hall–Kier alpha value is -1.84. The number of rotatable bonds is 0. The molecule has 0 radical (unpaired) electrons. The number of nitrogens with two attached hydrogens (primary N) is 1. The second-order valence-electron chi connectivity index (χ2n) is 2.64. The molecule has 0 bridgehead atoms. The second kappa shape index (κ2) is 5.01. The highest BCUT2D eigenvalue weighted by Gasteiger charge is 1.89. The van der Waals surface area contributed by atoms with Crippen LogP contribution in [0.2, 0.25) is 0 Å². The van der Waals surface area contributed by atoms with Crippen LogP contribution >= 0.6 is 0 Å². The molecule has 0 spiro atoms.